The van der Waals surface area contributed by atoms with Crippen molar-refractivity contribution in [2.45, 2.75) is 57.2 Å². The third-order valence-electron chi connectivity index (χ3n) is 6.76. The summed E-state index contributed by atoms with van der Waals surface area (Å²) in [6.07, 6.45) is 3.83. The van der Waals surface area contributed by atoms with Crippen molar-refractivity contribution < 1.29 is 15.3 Å². The van der Waals surface area contributed by atoms with Crippen molar-refractivity contribution >= 4 is 26.5 Å². The Morgan fingerprint density at radius 3 is 2.77 bits per heavy atom. The summed E-state index contributed by atoms with van der Waals surface area (Å²) < 4.78 is 1.25. The van der Waals surface area contributed by atoms with E-state index in [1.54, 1.807) is 23.0 Å². The molecule has 1 aromatic carbocycles. The third kappa shape index (κ3) is 2.01. The summed E-state index contributed by atoms with van der Waals surface area (Å²) in [5, 5.41) is 30.5. The predicted molar refractivity (Wildman–Crippen MR) is 85.5 cm³/mol. The van der Waals surface area contributed by atoms with Crippen LogP contribution in [0.25, 0.3) is 0 Å². The van der Waals surface area contributed by atoms with Crippen molar-refractivity contribution in [1.82, 2.24) is 0 Å². The average Bonchev–Trinajstić information content (AvgIpc) is 2.70. The number of phenols is 1. The van der Waals surface area contributed by atoms with Crippen LogP contribution in [0.3, 0.4) is 0 Å². The molecule has 118 valence electrons. The molecule has 2 saturated carbocycles. The number of benzene rings is 1. The number of hydrogen-bond donors (Lipinski definition) is 3. The van der Waals surface area contributed by atoms with Gasteiger partial charge < -0.3 is 0 Å². The molecule has 4 heteroatoms. The number of aliphatic hydroxyl groups is 2. The van der Waals surface area contributed by atoms with Gasteiger partial charge in [-0.15, -0.1) is 0 Å². The number of aliphatic hydroxyl groups excluding tert-OH is 2. The molecule has 4 rings (SSSR count). The van der Waals surface area contributed by atoms with Gasteiger partial charge in [-0.3, -0.25) is 0 Å². The van der Waals surface area contributed by atoms with Crippen molar-refractivity contribution in [3.63, 3.8) is 0 Å². The maximum absolute atomic E-state index is 10.4. The number of rotatable bonds is 0. The van der Waals surface area contributed by atoms with E-state index in [4.69, 9.17) is 0 Å². The van der Waals surface area contributed by atoms with Crippen LogP contribution in [0.4, 0.5) is 0 Å². The van der Waals surface area contributed by atoms with Crippen LogP contribution in [0.2, 0.25) is 0 Å². The Bertz CT molecular complexity index is 617. The Morgan fingerprint density at radius 1 is 1.23 bits per heavy atom. The molecule has 0 saturated heterocycles. The van der Waals surface area contributed by atoms with Crippen LogP contribution in [-0.4, -0.2) is 50.5 Å². The van der Waals surface area contributed by atoms with E-state index in [1.807, 2.05) is 12.1 Å². The van der Waals surface area contributed by atoms with E-state index in [9.17, 15) is 15.3 Å². The third-order valence-corrected chi connectivity index (χ3v) is 7.81. The van der Waals surface area contributed by atoms with Crippen molar-refractivity contribution in [1.29, 1.82) is 0 Å². The number of fused-ring (bicyclic) bond motifs is 5. The van der Waals surface area contributed by atoms with Gasteiger partial charge in [0.2, 0.25) is 0 Å². The quantitative estimate of drug-likeness (QED) is 0.568. The molecule has 0 aromatic heterocycles. The summed E-state index contributed by atoms with van der Waals surface area (Å²) in [4.78, 5) is 0. The van der Waals surface area contributed by atoms with Crippen LogP contribution < -0.4 is 3.51 Å². The normalized spacial score (nSPS) is 43.4. The maximum atomic E-state index is 10.4. The molecular weight excluding hydrogens is 386 g/mol. The Hall–Kier alpha value is -0.242. The minimum absolute atomic E-state index is 0.118. The van der Waals surface area contributed by atoms with Crippen LogP contribution in [-0.2, 0) is 6.42 Å². The van der Waals surface area contributed by atoms with Crippen LogP contribution >= 0.6 is 0 Å². The number of aryl methyl sites for hydroxylation is 1. The van der Waals surface area contributed by atoms with Gasteiger partial charge in [0.1, 0.15) is 0 Å². The van der Waals surface area contributed by atoms with E-state index in [0.717, 1.165) is 32.1 Å². The fourth-order valence-corrected chi connectivity index (χ4v) is 6.93. The predicted octanol–water partition coefficient (Wildman–Crippen LogP) is 1.37. The minimum atomic E-state index is -0.566. The zero-order chi connectivity index (χ0) is 15.6. The van der Waals surface area contributed by atoms with E-state index in [-0.39, 0.29) is 5.41 Å². The van der Waals surface area contributed by atoms with Crippen LogP contribution in [0.5, 0.6) is 5.75 Å². The van der Waals surface area contributed by atoms with Gasteiger partial charge in [-0.2, -0.15) is 0 Å². The Morgan fingerprint density at radius 2 is 2.00 bits per heavy atom. The monoisotopic (exact) mass is 408 g/mol. The van der Waals surface area contributed by atoms with E-state index in [2.05, 4.69) is 6.92 Å². The molecule has 0 spiro atoms. The molecule has 3 nitrogen and oxygen atoms in total. The first-order valence-corrected chi connectivity index (χ1v) is 9.60. The fraction of sp³-hybridized carbons (Fsp3) is 0.667. The topological polar surface area (TPSA) is 60.7 Å². The van der Waals surface area contributed by atoms with Gasteiger partial charge in [-0.1, -0.05) is 0 Å². The number of hydrogen-bond acceptors (Lipinski definition) is 3. The summed E-state index contributed by atoms with van der Waals surface area (Å²) in [6.45, 7) is 2.18. The molecule has 0 unspecified atom stereocenters. The molecule has 2 radical (unpaired) electrons. The molecule has 0 aliphatic heterocycles. The molecule has 3 N–H and O–H groups in total. The first kappa shape index (κ1) is 15.3. The summed E-state index contributed by atoms with van der Waals surface area (Å²) in [7, 11) is 0. The van der Waals surface area contributed by atoms with Crippen molar-refractivity contribution in [3.05, 3.63) is 23.3 Å². The Kier molecular flexibility index (Phi) is 3.56. The Labute approximate surface area is 145 Å². The molecule has 1 aromatic rings. The van der Waals surface area contributed by atoms with Gasteiger partial charge in [0.15, 0.2) is 0 Å². The number of phenolic OH excluding ortho intramolecular Hbond substituents is 1. The van der Waals surface area contributed by atoms with Gasteiger partial charge >= 0.3 is 145 Å². The standard InChI is InChI=1S/C18H23O3.Sb/c1-18-7-6-13-12-5-3-11(19)8-10(12)2-4-14(13)15(18)9-16(20)17(18)21;/h3,8,13-17,19-21H,2,4,6-7,9H2,1H3;/t13-,14-,15+,16-,17+,18+;/m1./s1. The number of aromatic hydroxyl groups is 1. The van der Waals surface area contributed by atoms with E-state index in [1.165, 1.54) is 14.6 Å². The SMILES string of the molecule is C[C@]12CC[C@@H]3c4[c]([Sb])cc(O)cc4CC[C@H]3[C@@H]1C[C@@H](O)[C@@H]2O. The van der Waals surface area contributed by atoms with Crippen LogP contribution in [0, 0.1) is 17.3 Å². The molecular formula is C18H23O3Sb. The van der Waals surface area contributed by atoms with E-state index < -0.39 is 12.2 Å². The van der Waals surface area contributed by atoms with E-state index >= 15 is 0 Å². The van der Waals surface area contributed by atoms with Crippen molar-refractivity contribution in [3.8, 4) is 5.75 Å². The molecule has 6 atom stereocenters. The summed E-state index contributed by atoms with van der Waals surface area (Å²) in [5.41, 5.74) is 2.66. The molecule has 2 fully saturated rings. The van der Waals surface area contributed by atoms with Crippen LogP contribution in [0.1, 0.15) is 49.7 Å². The summed E-state index contributed by atoms with van der Waals surface area (Å²) in [5.74, 6) is 1.91. The fourth-order valence-electron chi connectivity index (χ4n) is 5.67. The molecule has 3 aliphatic carbocycles. The van der Waals surface area contributed by atoms with Gasteiger partial charge in [-0.05, 0) is 0 Å². The second kappa shape index (κ2) is 5.13. The molecule has 0 bridgehead atoms. The van der Waals surface area contributed by atoms with Gasteiger partial charge in [0.05, 0.1) is 0 Å². The summed E-state index contributed by atoms with van der Waals surface area (Å²) >= 11 is 1.69. The first-order chi connectivity index (χ1) is 10.4. The molecule has 3 aliphatic rings. The van der Waals surface area contributed by atoms with Gasteiger partial charge in [0, 0.05) is 0 Å². The van der Waals surface area contributed by atoms with Gasteiger partial charge in [0.25, 0.3) is 0 Å². The second-order valence-electron chi connectivity index (χ2n) is 7.75. The van der Waals surface area contributed by atoms with Crippen molar-refractivity contribution in [2.75, 3.05) is 0 Å². The first-order valence-electron chi connectivity index (χ1n) is 8.32. The van der Waals surface area contributed by atoms with Crippen molar-refractivity contribution in [2.24, 2.45) is 17.3 Å². The summed E-state index contributed by atoms with van der Waals surface area (Å²) in [6, 6.07) is 3.85. The van der Waals surface area contributed by atoms with E-state index in [0.29, 0.717) is 23.5 Å². The zero-order valence-electron chi connectivity index (χ0n) is 12.9. The average molecular weight is 409 g/mol. The molecule has 0 heterocycles. The Balaban J connectivity index is 1.75. The second-order valence-corrected chi connectivity index (χ2v) is 9.12. The van der Waals surface area contributed by atoms with Crippen LogP contribution in [0.15, 0.2) is 12.1 Å². The van der Waals surface area contributed by atoms with Gasteiger partial charge in [-0.25, -0.2) is 0 Å². The molecule has 22 heavy (non-hydrogen) atoms. The zero-order valence-corrected chi connectivity index (χ0v) is 15.4. The molecule has 0 amide bonds.